The van der Waals surface area contributed by atoms with Crippen molar-refractivity contribution in [3.05, 3.63) is 41.2 Å². The first-order valence-corrected chi connectivity index (χ1v) is 9.51. The molecule has 1 aromatic heterocycles. The quantitative estimate of drug-likeness (QED) is 0.617. The van der Waals surface area contributed by atoms with Crippen LogP contribution in [0.5, 0.6) is 0 Å². The summed E-state index contributed by atoms with van der Waals surface area (Å²) in [6.45, 7) is 3.48. The number of likely N-dealkylation sites (N-methyl/N-ethyl adjacent to an activating group) is 2. The molecule has 2 aliphatic heterocycles. The van der Waals surface area contributed by atoms with E-state index in [1.165, 1.54) is 11.9 Å². The van der Waals surface area contributed by atoms with E-state index >= 15 is 0 Å². The SMILES string of the molecule is Cc1c[n+]2c(n1CCCNc1ccccc1Cl)N=C1C2C(=O)N(C)C(=O)N1C. The second-order valence-electron chi connectivity index (χ2n) is 7.00. The van der Waals surface area contributed by atoms with E-state index in [9.17, 15) is 9.59 Å². The predicted octanol–water partition coefficient (Wildman–Crippen LogP) is 2.35. The molecule has 146 valence electrons. The van der Waals surface area contributed by atoms with Gasteiger partial charge in [-0.2, -0.15) is 0 Å². The Morgan fingerprint density at radius 1 is 1.21 bits per heavy atom. The molecular formula is C19H22ClN6O2+. The smallest absolute Gasteiger partial charge is 0.384 e. The van der Waals surface area contributed by atoms with Gasteiger partial charge in [-0.25, -0.2) is 13.9 Å². The van der Waals surface area contributed by atoms with Crippen LogP contribution in [-0.4, -0.2) is 52.8 Å². The minimum atomic E-state index is -0.580. The number of benzene rings is 1. The van der Waals surface area contributed by atoms with Crippen LogP contribution in [0.4, 0.5) is 16.4 Å². The summed E-state index contributed by atoms with van der Waals surface area (Å²) in [5.41, 5.74) is 1.93. The number of hydrogen-bond donors (Lipinski definition) is 1. The lowest BCUT2D eigenvalue weighted by molar-refractivity contribution is -0.677. The van der Waals surface area contributed by atoms with Gasteiger partial charge in [-0.15, -0.1) is 0 Å². The second-order valence-corrected chi connectivity index (χ2v) is 7.41. The molecule has 2 aromatic rings. The van der Waals surface area contributed by atoms with Gasteiger partial charge in [-0.1, -0.05) is 28.7 Å². The molecule has 9 heteroatoms. The standard InChI is InChI=1S/C19H22ClN6O2/c1-12-11-26-15-16(23(2)19(28)24(3)17(15)27)22-18(26)25(12)10-6-9-21-14-8-5-4-7-13(14)20/h4-5,7-8,11,15,21H,6,9-10H2,1-3H3/q+1. The van der Waals surface area contributed by atoms with Crippen molar-refractivity contribution in [2.45, 2.75) is 25.9 Å². The van der Waals surface area contributed by atoms with Crippen LogP contribution in [0.3, 0.4) is 0 Å². The summed E-state index contributed by atoms with van der Waals surface area (Å²) in [4.78, 5) is 32.0. The van der Waals surface area contributed by atoms with Gasteiger partial charge in [-0.3, -0.25) is 14.6 Å². The lowest BCUT2D eigenvalue weighted by Gasteiger charge is -2.30. The maximum Gasteiger partial charge on any atom is 0.401 e. The zero-order valence-corrected chi connectivity index (χ0v) is 16.8. The molecule has 1 N–H and O–H groups in total. The molecule has 3 heterocycles. The van der Waals surface area contributed by atoms with Crippen LogP contribution in [0.25, 0.3) is 0 Å². The minimum Gasteiger partial charge on any atom is -0.384 e. The minimum absolute atomic E-state index is 0.261. The number of nitrogens with one attached hydrogen (secondary N) is 1. The molecule has 8 nitrogen and oxygen atoms in total. The molecule has 2 aliphatic rings. The van der Waals surface area contributed by atoms with Crippen molar-refractivity contribution in [2.24, 2.45) is 4.99 Å². The van der Waals surface area contributed by atoms with E-state index in [4.69, 9.17) is 11.6 Å². The van der Waals surface area contributed by atoms with Crippen LogP contribution >= 0.6 is 11.6 Å². The molecule has 0 spiro atoms. The topological polar surface area (TPSA) is 73.8 Å². The molecule has 4 rings (SSSR count). The molecule has 1 aromatic carbocycles. The average molecular weight is 402 g/mol. The molecule has 1 fully saturated rings. The van der Waals surface area contributed by atoms with Crippen molar-refractivity contribution in [3.8, 4) is 0 Å². The summed E-state index contributed by atoms with van der Waals surface area (Å²) in [6, 6.07) is 6.70. The molecule has 0 saturated carbocycles. The Kier molecular flexibility index (Phi) is 4.58. The highest BCUT2D eigenvalue weighted by atomic mass is 35.5. The number of aliphatic imine (C=N–C) groups is 1. The van der Waals surface area contributed by atoms with E-state index in [0.717, 1.165) is 35.8 Å². The van der Waals surface area contributed by atoms with Gasteiger partial charge in [0.1, 0.15) is 11.9 Å². The number of urea groups is 1. The Hall–Kier alpha value is -2.87. The Balaban J connectivity index is 1.51. The molecule has 3 amide bonds. The van der Waals surface area contributed by atoms with E-state index in [1.807, 2.05) is 42.0 Å². The van der Waals surface area contributed by atoms with Gasteiger partial charge in [-0.05, 0) is 25.5 Å². The Morgan fingerprint density at radius 3 is 2.71 bits per heavy atom. The van der Waals surface area contributed by atoms with Crippen LogP contribution < -0.4 is 9.88 Å². The maximum absolute atomic E-state index is 12.6. The lowest BCUT2D eigenvalue weighted by atomic mass is 10.2. The molecular weight excluding hydrogens is 380 g/mol. The third-order valence-corrected chi connectivity index (χ3v) is 5.52. The van der Waals surface area contributed by atoms with Crippen molar-refractivity contribution in [1.29, 1.82) is 0 Å². The zero-order valence-electron chi connectivity index (χ0n) is 16.0. The molecule has 0 bridgehead atoms. The number of halogens is 1. The van der Waals surface area contributed by atoms with Gasteiger partial charge in [0.15, 0.2) is 0 Å². The van der Waals surface area contributed by atoms with Gasteiger partial charge < -0.3 is 5.32 Å². The number of fused-ring (bicyclic) bond motifs is 3. The fraction of sp³-hybridized carbons (Fsp3) is 0.368. The molecule has 28 heavy (non-hydrogen) atoms. The Morgan fingerprint density at radius 2 is 1.96 bits per heavy atom. The van der Waals surface area contributed by atoms with Crippen molar-refractivity contribution < 1.29 is 14.2 Å². The van der Waals surface area contributed by atoms with E-state index in [0.29, 0.717) is 16.8 Å². The summed E-state index contributed by atoms with van der Waals surface area (Å²) in [5.74, 6) is 0.910. The van der Waals surface area contributed by atoms with E-state index in [2.05, 4.69) is 14.9 Å². The third kappa shape index (κ3) is 2.84. The summed E-state index contributed by atoms with van der Waals surface area (Å²) in [5, 5.41) is 4.03. The number of nitrogens with zero attached hydrogens (tertiary/aromatic N) is 5. The first kappa shape index (κ1) is 18.5. The van der Waals surface area contributed by atoms with Crippen molar-refractivity contribution in [3.63, 3.8) is 0 Å². The van der Waals surface area contributed by atoms with Gasteiger partial charge >= 0.3 is 12.0 Å². The molecule has 0 aliphatic carbocycles. The number of rotatable bonds is 5. The van der Waals surface area contributed by atoms with Crippen molar-refractivity contribution >= 4 is 41.0 Å². The fourth-order valence-electron chi connectivity index (χ4n) is 3.65. The number of carbonyl (C=O) groups is 2. The van der Waals surface area contributed by atoms with Crippen LogP contribution in [0.2, 0.25) is 5.02 Å². The van der Waals surface area contributed by atoms with Crippen LogP contribution in [-0.2, 0) is 11.3 Å². The number of imide groups is 1. The number of carbonyl (C=O) groups excluding carboxylic acids is 2. The Labute approximate surface area is 168 Å². The van der Waals surface area contributed by atoms with Gasteiger partial charge in [0, 0.05) is 20.6 Å². The van der Waals surface area contributed by atoms with E-state index < -0.39 is 6.04 Å². The first-order valence-electron chi connectivity index (χ1n) is 9.13. The van der Waals surface area contributed by atoms with Gasteiger partial charge in [0.05, 0.1) is 17.3 Å². The van der Waals surface area contributed by atoms with Crippen LogP contribution in [0.15, 0.2) is 35.5 Å². The molecule has 1 unspecified atom stereocenters. The van der Waals surface area contributed by atoms with Crippen molar-refractivity contribution in [2.75, 3.05) is 26.0 Å². The van der Waals surface area contributed by atoms with Crippen LogP contribution in [0, 0.1) is 6.92 Å². The monoisotopic (exact) mass is 401 g/mol. The lowest BCUT2D eigenvalue weighted by Crippen LogP contribution is -2.61. The number of anilines is 1. The van der Waals surface area contributed by atoms with E-state index in [1.54, 1.807) is 7.05 Å². The highest BCUT2D eigenvalue weighted by molar-refractivity contribution is 6.33. The number of para-hydroxylation sites is 1. The van der Waals surface area contributed by atoms with Gasteiger partial charge in [0.2, 0.25) is 11.9 Å². The molecule has 0 radical (unpaired) electrons. The number of amides is 3. The number of imidazole rings is 1. The van der Waals surface area contributed by atoms with Crippen molar-refractivity contribution in [1.82, 2.24) is 14.4 Å². The summed E-state index contributed by atoms with van der Waals surface area (Å²) in [7, 11) is 3.15. The molecule has 1 saturated heterocycles. The zero-order chi connectivity index (χ0) is 20.0. The predicted molar refractivity (Wildman–Crippen MR) is 106 cm³/mol. The maximum atomic E-state index is 12.6. The molecule has 1 atom stereocenters. The number of aromatic nitrogens is 2. The second kappa shape index (κ2) is 6.94. The fourth-order valence-corrected chi connectivity index (χ4v) is 3.85. The first-order chi connectivity index (χ1) is 13.4. The highest BCUT2D eigenvalue weighted by Crippen LogP contribution is 2.28. The number of hydrogen-bond acceptors (Lipinski definition) is 4. The highest BCUT2D eigenvalue weighted by Gasteiger charge is 2.52. The largest absolute Gasteiger partial charge is 0.401 e. The number of aryl methyl sites for hydroxylation is 1. The number of amidine groups is 1. The summed E-state index contributed by atoms with van der Waals surface area (Å²) < 4.78 is 3.93. The van der Waals surface area contributed by atoms with Gasteiger partial charge in [0.25, 0.3) is 5.91 Å². The van der Waals surface area contributed by atoms with E-state index in [-0.39, 0.29) is 11.9 Å². The third-order valence-electron chi connectivity index (χ3n) is 5.19. The summed E-state index contributed by atoms with van der Waals surface area (Å²) in [6.07, 6.45) is 2.78. The Bertz CT molecular complexity index is 998. The average Bonchev–Trinajstić information content (AvgIpc) is 3.18. The van der Waals surface area contributed by atoms with Crippen LogP contribution in [0.1, 0.15) is 18.2 Å². The summed E-state index contributed by atoms with van der Waals surface area (Å²) >= 11 is 6.17. The normalized spacial score (nSPS) is 18.3.